The maximum Gasteiger partial charge on any atom is 0.435 e. The average molecular weight is 332 g/mol. The molecule has 0 aromatic carbocycles. The van der Waals surface area contributed by atoms with E-state index in [1.165, 1.54) is 29.1 Å². The Kier molecular flexibility index (Phi) is 2.25. The third-order valence-corrected chi connectivity index (χ3v) is 3.71. The van der Waals surface area contributed by atoms with Crippen molar-refractivity contribution < 1.29 is 13.2 Å². The summed E-state index contributed by atoms with van der Waals surface area (Å²) in [6.07, 6.45) is -4.37. The molecule has 0 spiro atoms. The van der Waals surface area contributed by atoms with Crippen molar-refractivity contribution in [3.8, 4) is 0 Å². The van der Waals surface area contributed by atoms with Crippen LogP contribution in [-0.2, 0) is 13.2 Å². The van der Waals surface area contributed by atoms with E-state index in [1.807, 2.05) is 22.6 Å². The fraction of sp³-hybridized carbons (Fsp3) is 0.286. The monoisotopic (exact) mass is 332 g/mol. The van der Waals surface area contributed by atoms with Gasteiger partial charge in [0.15, 0.2) is 5.69 Å². The van der Waals surface area contributed by atoms with E-state index >= 15 is 0 Å². The van der Waals surface area contributed by atoms with Crippen LogP contribution in [0, 0.1) is 2.88 Å². The summed E-state index contributed by atoms with van der Waals surface area (Å²) in [5.74, 6) is 0. The minimum absolute atomic E-state index is 0.189. The lowest BCUT2D eigenvalue weighted by Crippen LogP contribution is -2.07. The molecule has 2 heterocycles. The van der Waals surface area contributed by atoms with E-state index in [0.29, 0.717) is 4.83 Å². The molecular formula is C7H4F3IN2S. The average Bonchev–Trinajstić information content (AvgIpc) is 2.49. The van der Waals surface area contributed by atoms with Gasteiger partial charge in [-0.1, -0.05) is 0 Å². The number of thiophene rings is 1. The predicted molar refractivity (Wildman–Crippen MR) is 56.3 cm³/mol. The zero-order valence-corrected chi connectivity index (χ0v) is 9.87. The fourth-order valence-corrected chi connectivity index (χ4v) is 2.96. The summed E-state index contributed by atoms with van der Waals surface area (Å²) in [5.41, 5.74) is -0.797. The van der Waals surface area contributed by atoms with Crippen LogP contribution in [0.1, 0.15) is 5.69 Å². The molecule has 7 heteroatoms. The molecule has 0 fully saturated rings. The van der Waals surface area contributed by atoms with Gasteiger partial charge in [-0.3, -0.25) is 4.68 Å². The molecule has 0 bridgehead atoms. The second-order valence-corrected chi connectivity index (χ2v) is 5.66. The van der Waals surface area contributed by atoms with Gasteiger partial charge in [0.25, 0.3) is 0 Å². The molecular weight excluding hydrogens is 328 g/mol. The lowest BCUT2D eigenvalue weighted by molar-refractivity contribution is -0.140. The molecule has 2 rings (SSSR count). The van der Waals surface area contributed by atoms with Crippen molar-refractivity contribution in [1.82, 2.24) is 9.78 Å². The summed E-state index contributed by atoms with van der Waals surface area (Å²) in [6.45, 7) is 0. The van der Waals surface area contributed by atoms with Crippen molar-refractivity contribution in [2.45, 2.75) is 6.18 Å². The van der Waals surface area contributed by atoms with Crippen molar-refractivity contribution in [1.29, 1.82) is 0 Å². The highest BCUT2D eigenvalue weighted by atomic mass is 127. The molecule has 0 saturated heterocycles. The Morgan fingerprint density at radius 2 is 2.14 bits per heavy atom. The standard InChI is InChI=1S/C7H4F3IN2S/c1-13-6-3(2-4(11)14-6)5(12-13)7(8,9)10/h2H,1H3. The van der Waals surface area contributed by atoms with E-state index < -0.39 is 11.9 Å². The number of halogens is 4. The number of aryl methyl sites for hydroxylation is 1. The minimum atomic E-state index is -4.37. The van der Waals surface area contributed by atoms with Crippen LogP contribution in [0.15, 0.2) is 6.07 Å². The largest absolute Gasteiger partial charge is 0.435 e. The van der Waals surface area contributed by atoms with Crippen molar-refractivity contribution in [2.75, 3.05) is 0 Å². The van der Waals surface area contributed by atoms with E-state index in [-0.39, 0.29) is 5.39 Å². The summed E-state index contributed by atoms with van der Waals surface area (Å²) in [7, 11) is 1.52. The van der Waals surface area contributed by atoms with Gasteiger partial charge < -0.3 is 0 Å². The molecule has 0 aliphatic rings. The second kappa shape index (κ2) is 3.09. The molecule has 76 valence electrons. The fourth-order valence-electron chi connectivity index (χ4n) is 1.22. The van der Waals surface area contributed by atoms with Gasteiger partial charge in [-0.25, -0.2) is 0 Å². The van der Waals surface area contributed by atoms with Gasteiger partial charge in [0, 0.05) is 12.4 Å². The number of nitrogens with zero attached hydrogens (tertiary/aromatic N) is 2. The third-order valence-electron chi connectivity index (χ3n) is 1.75. The number of rotatable bonds is 0. The molecule has 2 aromatic heterocycles. The Hall–Kier alpha value is -0.310. The van der Waals surface area contributed by atoms with Crippen molar-refractivity contribution in [3.63, 3.8) is 0 Å². The van der Waals surface area contributed by atoms with Gasteiger partial charge in [0.05, 0.1) is 2.88 Å². The normalized spacial score (nSPS) is 12.6. The zero-order chi connectivity index (χ0) is 10.5. The molecule has 0 atom stereocenters. The van der Waals surface area contributed by atoms with E-state index in [1.54, 1.807) is 0 Å². The summed E-state index contributed by atoms with van der Waals surface area (Å²) in [5, 5.41) is 3.65. The van der Waals surface area contributed by atoms with Crippen LogP contribution in [0.25, 0.3) is 10.2 Å². The molecule has 0 aliphatic carbocycles. The number of hydrogen-bond donors (Lipinski definition) is 0. The molecule has 0 aliphatic heterocycles. The minimum Gasteiger partial charge on any atom is -0.257 e. The van der Waals surface area contributed by atoms with Gasteiger partial charge in [0.2, 0.25) is 0 Å². The Morgan fingerprint density at radius 3 is 2.71 bits per heavy atom. The third kappa shape index (κ3) is 1.52. The number of fused-ring (bicyclic) bond motifs is 1. The highest BCUT2D eigenvalue weighted by Crippen LogP contribution is 2.37. The van der Waals surface area contributed by atoms with Gasteiger partial charge in [-0.2, -0.15) is 18.3 Å². The van der Waals surface area contributed by atoms with Crippen molar-refractivity contribution in [3.05, 3.63) is 14.6 Å². The van der Waals surface area contributed by atoms with Crippen LogP contribution in [-0.4, -0.2) is 9.78 Å². The quantitative estimate of drug-likeness (QED) is 0.677. The molecule has 0 amide bonds. The first-order valence-corrected chi connectivity index (χ1v) is 5.48. The molecule has 14 heavy (non-hydrogen) atoms. The zero-order valence-electron chi connectivity index (χ0n) is 6.89. The van der Waals surface area contributed by atoms with Crippen LogP contribution in [0.3, 0.4) is 0 Å². The lowest BCUT2D eigenvalue weighted by Gasteiger charge is -2.00. The van der Waals surface area contributed by atoms with E-state index in [4.69, 9.17) is 0 Å². The number of hydrogen-bond acceptors (Lipinski definition) is 2. The topological polar surface area (TPSA) is 17.8 Å². The number of aromatic nitrogens is 2. The highest BCUT2D eigenvalue weighted by Gasteiger charge is 2.37. The molecule has 2 aromatic rings. The van der Waals surface area contributed by atoms with Crippen LogP contribution in [0.2, 0.25) is 0 Å². The summed E-state index contributed by atoms with van der Waals surface area (Å²) in [4.78, 5) is 0.557. The second-order valence-electron chi connectivity index (χ2n) is 2.74. The molecule has 0 unspecified atom stereocenters. The van der Waals surface area contributed by atoms with Crippen molar-refractivity contribution >= 4 is 44.1 Å². The van der Waals surface area contributed by atoms with E-state index in [2.05, 4.69) is 5.10 Å². The smallest absolute Gasteiger partial charge is 0.257 e. The highest BCUT2D eigenvalue weighted by molar-refractivity contribution is 14.1. The first kappa shape index (κ1) is 10.2. The molecule has 0 radical (unpaired) electrons. The molecule has 0 saturated carbocycles. The number of alkyl halides is 3. The maximum absolute atomic E-state index is 12.5. The Balaban J connectivity index is 2.78. The van der Waals surface area contributed by atoms with Gasteiger partial charge in [-0.15, -0.1) is 11.3 Å². The Labute approximate surface area is 94.8 Å². The summed E-state index contributed by atoms with van der Waals surface area (Å²) in [6, 6.07) is 1.51. The Morgan fingerprint density at radius 1 is 1.50 bits per heavy atom. The lowest BCUT2D eigenvalue weighted by atomic mass is 10.3. The van der Waals surface area contributed by atoms with Crippen molar-refractivity contribution in [2.24, 2.45) is 7.05 Å². The van der Waals surface area contributed by atoms with Gasteiger partial charge >= 0.3 is 6.18 Å². The molecule has 2 nitrogen and oxygen atoms in total. The Bertz CT molecular complexity index is 485. The first-order valence-electron chi connectivity index (χ1n) is 3.59. The van der Waals surface area contributed by atoms with Crippen LogP contribution in [0.5, 0.6) is 0 Å². The van der Waals surface area contributed by atoms with Gasteiger partial charge in [0.1, 0.15) is 4.83 Å². The van der Waals surface area contributed by atoms with Gasteiger partial charge in [-0.05, 0) is 28.7 Å². The SMILES string of the molecule is Cn1nc(C(F)(F)F)c2cc(I)sc21. The van der Waals surface area contributed by atoms with Crippen LogP contribution >= 0.6 is 33.9 Å². The summed E-state index contributed by atoms with van der Waals surface area (Å²) < 4.78 is 39.5. The first-order chi connectivity index (χ1) is 6.39. The maximum atomic E-state index is 12.5. The van der Waals surface area contributed by atoms with E-state index in [0.717, 1.165) is 2.88 Å². The summed E-state index contributed by atoms with van der Waals surface area (Å²) >= 11 is 3.30. The van der Waals surface area contributed by atoms with E-state index in [9.17, 15) is 13.2 Å². The molecule has 0 N–H and O–H groups in total. The van der Waals surface area contributed by atoms with Crippen LogP contribution < -0.4 is 0 Å². The predicted octanol–water partition coefficient (Wildman–Crippen LogP) is 3.26. The van der Waals surface area contributed by atoms with Crippen LogP contribution in [0.4, 0.5) is 13.2 Å².